The molecule has 3 aromatic rings. The number of carbonyl (C=O) groups is 2. The molecule has 1 aromatic heterocycles. The Morgan fingerprint density at radius 1 is 1.14 bits per heavy atom. The highest BCUT2D eigenvalue weighted by molar-refractivity contribution is 6.04. The number of alkyl halides is 3. The Labute approximate surface area is 163 Å². The van der Waals surface area contributed by atoms with Crippen LogP contribution in [0.4, 0.5) is 23.7 Å². The number of anilines is 1. The van der Waals surface area contributed by atoms with E-state index in [0.29, 0.717) is 28.8 Å². The molecule has 0 bridgehead atoms. The number of carboxylic acid groups (broad SMARTS) is 1. The van der Waals surface area contributed by atoms with Crippen molar-refractivity contribution >= 4 is 28.6 Å². The van der Waals surface area contributed by atoms with Crippen molar-refractivity contribution in [2.75, 3.05) is 11.9 Å². The van der Waals surface area contributed by atoms with Crippen LogP contribution < -0.4 is 10.1 Å². The SMILES string of the molecule is CC(=O)Nc1cn(C(=O)O)c2ccc(CCOc3ccc(C(F)(F)F)cc3)cc12. The van der Waals surface area contributed by atoms with E-state index in [9.17, 15) is 27.9 Å². The number of amides is 1. The van der Waals surface area contributed by atoms with Gasteiger partial charge in [0, 0.05) is 24.9 Å². The van der Waals surface area contributed by atoms with Crippen LogP contribution in [0.2, 0.25) is 0 Å². The van der Waals surface area contributed by atoms with E-state index in [0.717, 1.165) is 22.3 Å². The van der Waals surface area contributed by atoms with Crippen LogP contribution in [-0.4, -0.2) is 28.3 Å². The summed E-state index contributed by atoms with van der Waals surface area (Å²) in [6.07, 6.45) is -3.80. The number of nitrogens with one attached hydrogen (secondary N) is 1. The number of aromatic nitrogens is 1. The summed E-state index contributed by atoms with van der Waals surface area (Å²) >= 11 is 0. The molecule has 3 rings (SSSR count). The van der Waals surface area contributed by atoms with Gasteiger partial charge in [0.05, 0.1) is 23.4 Å². The van der Waals surface area contributed by atoms with E-state index < -0.39 is 17.8 Å². The van der Waals surface area contributed by atoms with Gasteiger partial charge < -0.3 is 15.2 Å². The highest BCUT2D eigenvalue weighted by Gasteiger charge is 2.30. The molecule has 0 radical (unpaired) electrons. The lowest BCUT2D eigenvalue weighted by Gasteiger charge is -2.09. The lowest BCUT2D eigenvalue weighted by atomic mass is 10.1. The molecule has 6 nitrogen and oxygen atoms in total. The Balaban J connectivity index is 1.73. The molecule has 0 unspecified atom stereocenters. The molecule has 1 amide bonds. The standard InChI is InChI=1S/C20H17F3N2O4/c1-12(26)24-17-11-25(19(27)28)18-7-2-13(10-16(17)18)8-9-29-15-5-3-14(4-6-15)20(21,22)23/h2-7,10-11H,8-9H2,1H3,(H,24,26)(H,27,28). The molecule has 9 heteroatoms. The zero-order valence-corrected chi connectivity index (χ0v) is 15.3. The maximum atomic E-state index is 12.6. The van der Waals surface area contributed by atoms with Crippen LogP contribution in [0.3, 0.4) is 0 Å². The smallest absolute Gasteiger partial charge is 0.416 e. The normalized spacial score (nSPS) is 11.4. The van der Waals surface area contributed by atoms with Crippen molar-refractivity contribution in [1.82, 2.24) is 4.57 Å². The number of ether oxygens (including phenoxy) is 1. The van der Waals surface area contributed by atoms with Crippen LogP contribution in [0.25, 0.3) is 10.9 Å². The monoisotopic (exact) mass is 406 g/mol. The number of fused-ring (bicyclic) bond motifs is 1. The molecule has 152 valence electrons. The van der Waals surface area contributed by atoms with E-state index in [2.05, 4.69) is 5.32 Å². The third kappa shape index (κ3) is 4.68. The van der Waals surface area contributed by atoms with Crippen molar-refractivity contribution in [2.45, 2.75) is 19.5 Å². The van der Waals surface area contributed by atoms with Gasteiger partial charge in [-0.3, -0.25) is 9.36 Å². The molecular weight excluding hydrogens is 389 g/mol. The number of hydrogen-bond donors (Lipinski definition) is 2. The number of nitrogens with zero attached hydrogens (tertiary/aromatic N) is 1. The van der Waals surface area contributed by atoms with Gasteiger partial charge in [-0.1, -0.05) is 6.07 Å². The maximum Gasteiger partial charge on any atom is 0.416 e. The second-order valence-electron chi connectivity index (χ2n) is 6.35. The molecule has 2 aromatic carbocycles. The molecule has 1 heterocycles. The van der Waals surface area contributed by atoms with Gasteiger partial charge in [0.25, 0.3) is 0 Å². The molecule has 0 spiro atoms. The fraction of sp³-hybridized carbons (Fsp3) is 0.200. The first-order valence-corrected chi connectivity index (χ1v) is 8.60. The highest BCUT2D eigenvalue weighted by atomic mass is 19.4. The zero-order chi connectivity index (χ0) is 21.2. The third-order valence-electron chi connectivity index (χ3n) is 4.23. The summed E-state index contributed by atoms with van der Waals surface area (Å²) in [5, 5.41) is 12.5. The van der Waals surface area contributed by atoms with Crippen molar-refractivity contribution in [1.29, 1.82) is 0 Å². The topological polar surface area (TPSA) is 80.6 Å². The number of benzene rings is 2. The van der Waals surface area contributed by atoms with E-state index in [1.807, 2.05) is 0 Å². The van der Waals surface area contributed by atoms with Crippen molar-refractivity contribution in [2.24, 2.45) is 0 Å². The minimum atomic E-state index is -4.40. The fourth-order valence-electron chi connectivity index (χ4n) is 2.91. The minimum absolute atomic E-state index is 0.214. The van der Waals surface area contributed by atoms with Gasteiger partial charge in [-0.25, -0.2) is 4.79 Å². The van der Waals surface area contributed by atoms with Crippen LogP contribution in [-0.2, 0) is 17.4 Å². The Bertz CT molecular complexity index is 1060. The fourth-order valence-corrected chi connectivity index (χ4v) is 2.91. The van der Waals surface area contributed by atoms with Gasteiger partial charge >= 0.3 is 12.3 Å². The Morgan fingerprint density at radius 3 is 2.41 bits per heavy atom. The van der Waals surface area contributed by atoms with Crippen molar-refractivity contribution in [3.8, 4) is 5.75 Å². The van der Waals surface area contributed by atoms with Crippen LogP contribution in [0.15, 0.2) is 48.7 Å². The van der Waals surface area contributed by atoms with Crippen LogP contribution in [0.1, 0.15) is 18.1 Å². The maximum absolute atomic E-state index is 12.6. The van der Waals surface area contributed by atoms with Gasteiger partial charge in [-0.05, 0) is 42.0 Å². The summed E-state index contributed by atoms with van der Waals surface area (Å²) in [7, 11) is 0. The van der Waals surface area contributed by atoms with Gasteiger partial charge in [-0.15, -0.1) is 0 Å². The molecule has 0 aliphatic rings. The molecule has 0 saturated carbocycles. The molecular formula is C20H17F3N2O4. The lowest BCUT2D eigenvalue weighted by molar-refractivity contribution is -0.137. The first kappa shape index (κ1) is 20.2. The number of hydrogen-bond acceptors (Lipinski definition) is 3. The van der Waals surface area contributed by atoms with Gasteiger partial charge in [0.15, 0.2) is 0 Å². The van der Waals surface area contributed by atoms with E-state index in [1.54, 1.807) is 18.2 Å². The predicted molar refractivity (Wildman–Crippen MR) is 100 cm³/mol. The van der Waals surface area contributed by atoms with Crippen molar-refractivity contribution in [3.63, 3.8) is 0 Å². The summed E-state index contributed by atoms with van der Waals surface area (Å²) in [5.74, 6) is -0.0134. The van der Waals surface area contributed by atoms with Crippen molar-refractivity contribution < 1.29 is 32.6 Å². The number of carbonyl (C=O) groups excluding carboxylic acids is 1. The quantitative estimate of drug-likeness (QED) is 0.640. The number of rotatable bonds is 5. The van der Waals surface area contributed by atoms with E-state index >= 15 is 0 Å². The summed E-state index contributed by atoms with van der Waals surface area (Å²) in [6, 6.07) is 9.53. The molecule has 2 N–H and O–H groups in total. The Morgan fingerprint density at radius 2 is 1.83 bits per heavy atom. The summed E-state index contributed by atoms with van der Waals surface area (Å²) in [6.45, 7) is 1.54. The van der Waals surface area contributed by atoms with Crippen molar-refractivity contribution in [3.05, 3.63) is 59.8 Å². The summed E-state index contributed by atoms with van der Waals surface area (Å²) < 4.78 is 44.2. The molecule has 0 fully saturated rings. The predicted octanol–water partition coefficient (Wildman–Crippen LogP) is 4.77. The Kier molecular flexibility index (Phi) is 5.49. The molecule has 0 aliphatic carbocycles. The molecule has 29 heavy (non-hydrogen) atoms. The largest absolute Gasteiger partial charge is 0.493 e. The van der Waals surface area contributed by atoms with E-state index in [1.165, 1.54) is 25.3 Å². The minimum Gasteiger partial charge on any atom is -0.493 e. The average Bonchev–Trinajstić information content (AvgIpc) is 2.99. The van der Waals surface area contributed by atoms with Crippen LogP contribution in [0, 0.1) is 0 Å². The lowest BCUT2D eigenvalue weighted by Crippen LogP contribution is -2.07. The second kappa shape index (κ2) is 7.86. The van der Waals surface area contributed by atoms with Gasteiger partial charge in [-0.2, -0.15) is 13.2 Å². The third-order valence-corrected chi connectivity index (χ3v) is 4.23. The molecule has 0 atom stereocenters. The molecule has 0 aliphatic heterocycles. The average molecular weight is 406 g/mol. The van der Waals surface area contributed by atoms with Crippen LogP contribution >= 0.6 is 0 Å². The highest BCUT2D eigenvalue weighted by Crippen LogP contribution is 2.30. The van der Waals surface area contributed by atoms with Gasteiger partial charge in [0.2, 0.25) is 5.91 Å². The summed E-state index contributed by atoms with van der Waals surface area (Å²) in [4.78, 5) is 22.8. The zero-order valence-electron chi connectivity index (χ0n) is 15.3. The number of halogens is 3. The van der Waals surface area contributed by atoms with Crippen LogP contribution in [0.5, 0.6) is 5.75 Å². The summed E-state index contributed by atoms with van der Waals surface area (Å²) in [5.41, 5.74) is 0.872. The first-order chi connectivity index (χ1) is 13.6. The second-order valence-corrected chi connectivity index (χ2v) is 6.35. The Hall–Kier alpha value is -3.49. The van der Waals surface area contributed by atoms with E-state index in [4.69, 9.17) is 4.74 Å². The van der Waals surface area contributed by atoms with E-state index in [-0.39, 0.29) is 12.5 Å². The van der Waals surface area contributed by atoms with Gasteiger partial charge in [0.1, 0.15) is 5.75 Å². The molecule has 0 saturated heterocycles. The first-order valence-electron chi connectivity index (χ1n) is 8.60.